The molecule has 1 N–H and O–H groups in total. The first-order valence-electron chi connectivity index (χ1n) is 11.1. The molecule has 0 bridgehead atoms. The van der Waals surface area contributed by atoms with Crippen molar-refractivity contribution < 1.29 is 23.1 Å². The lowest BCUT2D eigenvalue weighted by Crippen LogP contribution is -2.09. The van der Waals surface area contributed by atoms with Crippen LogP contribution in [0, 0.1) is 12.7 Å². The molecule has 0 unspecified atom stereocenters. The number of nitrogens with one attached hydrogen (secondary N) is 1. The smallest absolute Gasteiger partial charge is 0.248 e. The van der Waals surface area contributed by atoms with Gasteiger partial charge in [0.1, 0.15) is 22.9 Å². The molecule has 0 saturated heterocycles. The largest absolute Gasteiger partial charge is 0.496 e. The average molecular weight is 494 g/mol. The molecule has 1 heterocycles. The van der Waals surface area contributed by atoms with E-state index < -0.39 is 5.82 Å². The van der Waals surface area contributed by atoms with E-state index in [1.807, 2.05) is 51.1 Å². The first kappa shape index (κ1) is 24.4. The minimum absolute atomic E-state index is 0.0629. The summed E-state index contributed by atoms with van der Waals surface area (Å²) in [4.78, 5) is 12.7. The normalized spacial score (nSPS) is 11.5. The molecule has 4 rings (SSSR count). The van der Waals surface area contributed by atoms with Crippen molar-refractivity contribution in [2.45, 2.75) is 20.8 Å². The first-order chi connectivity index (χ1) is 16.8. The van der Waals surface area contributed by atoms with E-state index in [0.29, 0.717) is 29.2 Å². The maximum Gasteiger partial charge on any atom is 0.248 e. The van der Waals surface area contributed by atoms with E-state index in [2.05, 4.69) is 5.32 Å². The number of furan rings is 1. The number of benzene rings is 3. The van der Waals surface area contributed by atoms with Crippen LogP contribution in [0.1, 0.15) is 25.0 Å². The lowest BCUT2D eigenvalue weighted by molar-refractivity contribution is -0.111. The van der Waals surface area contributed by atoms with E-state index >= 15 is 0 Å². The zero-order valence-corrected chi connectivity index (χ0v) is 20.6. The molecule has 3 aromatic carbocycles. The van der Waals surface area contributed by atoms with Crippen LogP contribution in [0.4, 0.5) is 10.1 Å². The highest BCUT2D eigenvalue weighted by atomic mass is 35.5. The van der Waals surface area contributed by atoms with Crippen molar-refractivity contribution in [1.29, 1.82) is 0 Å². The summed E-state index contributed by atoms with van der Waals surface area (Å²) in [5.74, 6) is 0.454. The Labute approximate surface area is 208 Å². The second kappa shape index (κ2) is 10.2. The Hall–Kier alpha value is -3.77. The van der Waals surface area contributed by atoms with E-state index in [1.54, 1.807) is 13.4 Å². The second-order valence-electron chi connectivity index (χ2n) is 7.98. The molecule has 0 aliphatic carbocycles. The van der Waals surface area contributed by atoms with Crippen LogP contribution in [0.3, 0.4) is 0 Å². The van der Waals surface area contributed by atoms with Crippen LogP contribution in [0.25, 0.3) is 27.7 Å². The predicted octanol–water partition coefficient (Wildman–Crippen LogP) is 7.65. The number of carbonyl (C=O) groups is 1. The second-order valence-corrected chi connectivity index (χ2v) is 8.39. The van der Waals surface area contributed by atoms with E-state index in [1.165, 1.54) is 24.3 Å². The number of rotatable bonds is 7. The highest BCUT2D eigenvalue weighted by Crippen LogP contribution is 2.42. The summed E-state index contributed by atoms with van der Waals surface area (Å²) in [6.45, 7) is 6.12. The highest BCUT2D eigenvalue weighted by molar-refractivity contribution is 6.31. The van der Waals surface area contributed by atoms with Crippen LogP contribution >= 0.6 is 11.6 Å². The zero-order chi connectivity index (χ0) is 25.1. The number of allylic oxidation sites excluding steroid dienone is 1. The fourth-order valence-electron chi connectivity index (χ4n) is 4.04. The molecule has 0 aliphatic rings. The lowest BCUT2D eigenvalue weighted by Gasteiger charge is -2.15. The van der Waals surface area contributed by atoms with Crippen LogP contribution in [0.2, 0.25) is 5.02 Å². The van der Waals surface area contributed by atoms with Gasteiger partial charge in [-0.25, -0.2) is 4.39 Å². The van der Waals surface area contributed by atoms with Crippen LogP contribution in [-0.4, -0.2) is 19.6 Å². The molecule has 0 aliphatic heterocycles. The van der Waals surface area contributed by atoms with Crippen LogP contribution in [0.15, 0.2) is 65.3 Å². The quantitative estimate of drug-likeness (QED) is 0.268. The third kappa shape index (κ3) is 4.88. The van der Waals surface area contributed by atoms with Crippen molar-refractivity contribution in [1.82, 2.24) is 0 Å². The topological polar surface area (TPSA) is 60.7 Å². The number of amides is 1. The molecule has 5 nitrogen and oxygen atoms in total. The highest BCUT2D eigenvalue weighted by Gasteiger charge is 2.20. The third-order valence-electron chi connectivity index (χ3n) is 5.69. The van der Waals surface area contributed by atoms with Gasteiger partial charge in [0, 0.05) is 39.4 Å². The molecular formula is C28H25ClFNO4. The molecular weight excluding hydrogens is 469 g/mol. The van der Waals surface area contributed by atoms with Crippen LogP contribution in [-0.2, 0) is 4.79 Å². The number of aryl methyl sites for hydroxylation is 1. The third-order valence-corrected chi connectivity index (χ3v) is 5.98. The van der Waals surface area contributed by atoms with E-state index in [4.69, 9.17) is 25.5 Å². The minimum atomic E-state index is -0.549. The van der Waals surface area contributed by atoms with Gasteiger partial charge in [0.05, 0.1) is 25.0 Å². The van der Waals surface area contributed by atoms with E-state index in [0.717, 1.165) is 33.4 Å². The Bertz CT molecular complexity index is 1440. The molecule has 35 heavy (non-hydrogen) atoms. The number of anilines is 1. The Balaban J connectivity index is 1.79. The molecule has 0 saturated carbocycles. The number of ether oxygens (including phenoxy) is 2. The van der Waals surface area contributed by atoms with Gasteiger partial charge in [0.25, 0.3) is 0 Å². The Morgan fingerprint density at radius 1 is 1.17 bits per heavy atom. The monoisotopic (exact) mass is 493 g/mol. The molecule has 0 radical (unpaired) electrons. The van der Waals surface area contributed by atoms with Gasteiger partial charge in [-0.1, -0.05) is 29.8 Å². The van der Waals surface area contributed by atoms with Crippen molar-refractivity contribution in [3.8, 4) is 22.6 Å². The number of fused-ring (bicyclic) bond motifs is 1. The summed E-state index contributed by atoms with van der Waals surface area (Å²) in [6, 6.07) is 13.7. The van der Waals surface area contributed by atoms with Crippen LogP contribution < -0.4 is 14.8 Å². The number of hydrogen-bond donors (Lipinski definition) is 1. The zero-order valence-electron chi connectivity index (χ0n) is 19.9. The summed E-state index contributed by atoms with van der Waals surface area (Å²) in [7, 11) is 1.63. The van der Waals surface area contributed by atoms with Gasteiger partial charge < -0.3 is 19.2 Å². The van der Waals surface area contributed by atoms with E-state index in [9.17, 15) is 9.18 Å². The number of carbonyl (C=O) groups excluding carboxylic acids is 1. The fraction of sp³-hybridized carbons (Fsp3) is 0.179. The maximum atomic E-state index is 13.4. The van der Waals surface area contributed by atoms with Gasteiger partial charge in [0.2, 0.25) is 5.91 Å². The van der Waals surface area contributed by atoms with Gasteiger partial charge in [-0.2, -0.15) is 0 Å². The van der Waals surface area contributed by atoms with Crippen molar-refractivity contribution in [3.05, 3.63) is 82.8 Å². The average Bonchev–Trinajstić information content (AvgIpc) is 3.27. The summed E-state index contributed by atoms with van der Waals surface area (Å²) in [5.41, 5.74) is 5.17. The summed E-state index contributed by atoms with van der Waals surface area (Å²) in [6.07, 6.45) is 3.18. The molecule has 1 amide bonds. The molecule has 4 aromatic rings. The van der Waals surface area contributed by atoms with Gasteiger partial charge in [-0.3, -0.25) is 4.79 Å². The van der Waals surface area contributed by atoms with Crippen molar-refractivity contribution >= 4 is 39.7 Å². The number of hydrogen-bond acceptors (Lipinski definition) is 4. The summed E-state index contributed by atoms with van der Waals surface area (Å²) in [5, 5.41) is 3.53. The first-order valence-corrected chi connectivity index (χ1v) is 11.5. The Morgan fingerprint density at radius 2 is 1.94 bits per heavy atom. The summed E-state index contributed by atoms with van der Waals surface area (Å²) >= 11 is 5.83. The molecule has 180 valence electrons. The lowest BCUT2D eigenvalue weighted by atomic mass is 9.96. The van der Waals surface area contributed by atoms with Gasteiger partial charge >= 0.3 is 0 Å². The molecule has 0 spiro atoms. The van der Waals surface area contributed by atoms with E-state index in [-0.39, 0.29) is 10.9 Å². The number of halogens is 2. The molecule has 1 aromatic heterocycles. The number of para-hydroxylation sites is 1. The molecule has 0 atom stereocenters. The maximum absolute atomic E-state index is 13.4. The Morgan fingerprint density at radius 3 is 2.66 bits per heavy atom. The Kier molecular flexibility index (Phi) is 7.12. The minimum Gasteiger partial charge on any atom is -0.496 e. The van der Waals surface area contributed by atoms with Gasteiger partial charge in [-0.05, 0) is 56.7 Å². The van der Waals surface area contributed by atoms with Crippen molar-refractivity contribution in [2.75, 3.05) is 19.0 Å². The molecule has 0 fully saturated rings. The number of methoxy groups -OCH3 is 1. The SMILES string of the molecule is CCOc1c(/C(C)=C/C(=O)Nc2ccc(F)c(Cl)c2)cc2c(-c3ccccc3OC)coc2c1C. The van der Waals surface area contributed by atoms with Crippen molar-refractivity contribution in [2.24, 2.45) is 0 Å². The predicted molar refractivity (Wildman–Crippen MR) is 138 cm³/mol. The summed E-state index contributed by atoms with van der Waals surface area (Å²) < 4.78 is 30.9. The van der Waals surface area contributed by atoms with Crippen LogP contribution in [0.5, 0.6) is 11.5 Å². The van der Waals surface area contributed by atoms with Gasteiger partial charge in [0.15, 0.2) is 0 Å². The van der Waals surface area contributed by atoms with Crippen molar-refractivity contribution in [3.63, 3.8) is 0 Å². The standard InChI is InChI=1S/C28H25ClFNO4/c1-5-34-27-17(3)28-21(22(15-35-28)19-8-6-7-9-25(19)33-4)14-20(27)16(2)12-26(32)31-18-10-11-24(30)23(29)13-18/h6-15H,5H2,1-4H3,(H,31,32)/b16-12+. The fourth-order valence-corrected chi connectivity index (χ4v) is 4.22. The molecule has 7 heteroatoms. The van der Waals surface area contributed by atoms with Gasteiger partial charge in [-0.15, -0.1) is 0 Å².